The van der Waals surface area contributed by atoms with Crippen molar-refractivity contribution in [2.75, 3.05) is 31.7 Å². The van der Waals surface area contributed by atoms with Crippen LogP contribution in [0.4, 0.5) is 5.82 Å². The summed E-state index contributed by atoms with van der Waals surface area (Å²) in [6.45, 7) is 2.82. The van der Waals surface area contributed by atoms with Gasteiger partial charge < -0.3 is 9.64 Å². The summed E-state index contributed by atoms with van der Waals surface area (Å²) >= 11 is 5.82. The number of halogens is 1. The number of aromatic nitrogens is 2. The molecule has 2 rings (SSSR count). The highest BCUT2D eigenvalue weighted by molar-refractivity contribution is 6.29. The summed E-state index contributed by atoms with van der Waals surface area (Å²) in [7, 11) is 1.74. The number of methoxy groups -OCH3 is 1. The van der Waals surface area contributed by atoms with E-state index in [-0.39, 0.29) is 0 Å². The molecule has 1 atom stereocenters. The van der Waals surface area contributed by atoms with Gasteiger partial charge in [0.2, 0.25) is 0 Å². The Labute approximate surface area is 94.2 Å². The van der Waals surface area contributed by atoms with Crippen LogP contribution in [-0.2, 0) is 4.74 Å². The first kappa shape index (κ1) is 10.6. The molecule has 1 aliphatic heterocycles. The first-order valence-corrected chi connectivity index (χ1v) is 5.39. The normalized spacial score (nSPS) is 20.9. The molecule has 0 radical (unpaired) electrons. The van der Waals surface area contributed by atoms with Crippen LogP contribution in [0.25, 0.3) is 0 Å². The summed E-state index contributed by atoms with van der Waals surface area (Å²) in [5.41, 5.74) is 0. The summed E-state index contributed by atoms with van der Waals surface area (Å²) in [6.07, 6.45) is 2.65. The van der Waals surface area contributed by atoms with Crippen LogP contribution in [0, 0.1) is 5.92 Å². The lowest BCUT2D eigenvalue weighted by molar-refractivity contribution is 0.161. The van der Waals surface area contributed by atoms with Gasteiger partial charge in [-0.1, -0.05) is 11.6 Å². The Kier molecular flexibility index (Phi) is 3.38. The molecule has 1 aliphatic rings. The third-order valence-electron chi connectivity index (χ3n) is 2.63. The van der Waals surface area contributed by atoms with Gasteiger partial charge in [0.05, 0.1) is 6.61 Å². The fourth-order valence-electron chi connectivity index (χ4n) is 1.91. The van der Waals surface area contributed by atoms with Gasteiger partial charge in [0.15, 0.2) is 0 Å². The quantitative estimate of drug-likeness (QED) is 0.736. The van der Waals surface area contributed by atoms with E-state index in [4.69, 9.17) is 16.3 Å². The van der Waals surface area contributed by atoms with Crippen molar-refractivity contribution in [1.29, 1.82) is 0 Å². The highest BCUT2D eigenvalue weighted by Gasteiger charge is 2.23. The predicted molar refractivity (Wildman–Crippen MR) is 59.2 cm³/mol. The van der Waals surface area contributed by atoms with Crippen molar-refractivity contribution in [3.05, 3.63) is 17.5 Å². The molecule has 0 N–H and O–H groups in total. The van der Waals surface area contributed by atoms with Crippen molar-refractivity contribution in [2.45, 2.75) is 6.42 Å². The van der Waals surface area contributed by atoms with Crippen LogP contribution in [0.3, 0.4) is 0 Å². The largest absolute Gasteiger partial charge is 0.384 e. The average molecular weight is 228 g/mol. The van der Waals surface area contributed by atoms with Gasteiger partial charge in [-0.3, -0.25) is 0 Å². The molecule has 0 amide bonds. The number of rotatable bonds is 3. The molecule has 0 unspecified atom stereocenters. The third-order valence-corrected chi connectivity index (χ3v) is 2.84. The third kappa shape index (κ3) is 2.58. The van der Waals surface area contributed by atoms with Crippen LogP contribution in [-0.4, -0.2) is 36.8 Å². The zero-order valence-corrected chi connectivity index (χ0v) is 9.44. The second-order valence-corrected chi connectivity index (χ2v) is 4.14. The molecule has 0 aliphatic carbocycles. The number of ether oxygens (including phenoxy) is 1. The van der Waals surface area contributed by atoms with Crippen molar-refractivity contribution >= 4 is 17.4 Å². The highest BCUT2D eigenvalue weighted by atomic mass is 35.5. The van der Waals surface area contributed by atoms with Gasteiger partial charge in [-0.15, -0.1) is 0 Å². The zero-order valence-electron chi connectivity index (χ0n) is 8.69. The van der Waals surface area contributed by atoms with Gasteiger partial charge in [0.1, 0.15) is 17.3 Å². The first-order chi connectivity index (χ1) is 7.29. The smallest absolute Gasteiger partial charge is 0.134 e. The SMILES string of the molecule is COC[C@@H]1CCN(c2cc(Cl)ncn2)C1. The van der Waals surface area contributed by atoms with Crippen LogP contribution in [0.5, 0.6) is 0 Å². The second-order valence-electron chi connectivity index (χ2n) is 3.75. The highest BCUT2D eigenvalue weighted by Crippen LogP contribution is 2.23. The summed E-state index contributed by atoms with van der Waals surface area (Å²) < 4.78 is 5.15. The Morgan fingerprint density at radius 1 is 1.60 bits per heavy atom. The molecule has 1 aromatic heterocycles. The second kappa shape index (κ2) is 4.77. The zero-order chi connectivity index (χ0) is 10.7. The lowest BCUT2D eigenvalue weighted by Gasteiger charge is -2.16. The van der Waals surface area contributed by atoms with Crippen LogP contribution in [0.15, 0.2) is 12.4 Å². The van der Waals surface area contributed by atoms with Gasteiger partial charge in [0.25, 0.3) is 0 Å². The van der Waals surface area contributed by atoms with Crippen LogP contribution in [0.2, 0.25) is 5.15 Å². The number of hydrogen-bond acceptors (Lipinski definition) is 4. The molecule has 0 spiro atoms. The molecule has 0 aromatic carbocycles. The average Bonchev–Trinajstić information content (AvgIpc) is 2.67. The van der Waals surface area contributed by atoms with Gasteiger partial charge in [-0.25, -0.2) is 9.97 Å². The number of anilines is 1. The van der Waals surface area contributed by atoms with Crippen LogP contribution in [0.1, 0.15) is 6.42 Å². The molecule has 1 aromatic rings. The lowest BCUT2D eigenvalue weighted by Crippen LogP contribution is -2.21. The van der Waals surface area contributed by atoms with Crippen LogP contribution < -0.4 is 4.90 Å². The van der Waals surface area contributed by atoms with E-state index < -0.39 is 0 Å². The Balaban J connectivity index is 2.01. The molecule has 2 heterocycles. The van der Waals surface area contributed by atoms with Crippen molar-refractivity contribution in [3.63, 3.8) is 0 Å². The molecule has 0 bridgehead atoms. The number of hydrogen-bond donors (Lipinski definition) is 0. The van der Waals surface area contributed by atoms with Gasteiger partial charge in [-0.2, -0.15) is 0 Å². The lowest BCUT2D eigenvalue weighted by atomic mass is 10.1. The van der Waals surface area contributed by atoms with Crippen LogP contribution >= 0.6 is 11.6 Å². The van der Waals surface area contributed by atoms with Crippen molar-refractivity contribution < 1.29 is 4.74 Å². The summed E-state index contributed by atoms with van der Waals surface area (Å²) in [5.74, 6) is 1.51. The van der Waals surface area contributed by atoms with Gasteiger partial charge in [-0.05, 0) is 6.42 Å². The summed E-state index contributed by atoms with van der Waals surface area (Å²) in [4.78, 5) is 10.3. The fourth-order valence-corrected chi connectivity index (χ4v) is 2.05. The minimum absolute atomic E-state index is 0.496. The standard InChI is InChI=1S/C10H14ClN3O/c1-15-6-8-2-3-14(5-8)10-4-9(11)12-7-13-10/h4,7-8H,2-3,5-6H2,1H3/t8-/m1/s1. The maximum atomic E-state index is 5.82. The Morgan fingerprint density at radius 3 is 3.20 bits per heavy atom. The molecule has 15 heavy (non-hydrogen) atoms. The van der Waals surface area contributed by atoms with E-state index in [1.165, 1.54) is 6.33 Å². The van der Waals surface area contributed by atoms with E-state index in [2.05, 4.69) is 14.9 Å². The maximum Gasteiger partial charge on any atom is 0.134 e. The minimum atomic E-state index is 0.496. The molecular formula is C10H14ClN3O. The van der Waals surface area contributed by atoms with Gasteiger partial charge >= 0.3 is 0 Å². The molecule has 1 saturated heterocycles. The summed E-state index contributed by atoms with van der Waals surface area (Å²) in [6, 6.07) is 1.80. The maximum absolute atomic E-state index is 5.82. The van der Waals surface area contributed by atoms with E-state index in [9.17, 15) is 0 Å². The van der Waals surface area contributed by atoms with Crippen molar-refractivity contribution in [1.82, 2.24) is 9.97 Å². The van der Waals surface area contributed by atoms with Crippen molar-refractivity contribution in [2.24, 2.45) is 5.92 Å². The van der Waals surface area contributed by atoms with E-state index in [0.717, 1.165) is 31.9 Å². The van der Waals surface area contributed by atoms with Crippen molar-refractivity contribution in [3.8, 4) is 0 Å². The molecular weight excluding hydrogens is 214 g/mol. The molecule has 1 fully saturated rings. The van der Waals surface area contributed by atoms with E-state index in [0.29, 0.717) is 11.1 Å². The van der Waals surface area contributed by atoms with E-state index >= 15 is 0 Å². The Hall–Kier alpha value is -0.870. The Bertz CT molecular complexity index is 334. The summed E-state index contributed by atoms with van der Waals surface area (Å²) in [5, 5.41) is 0.496. The van der Waals surface area contributed by atoms with Gasteiger partial charge in [0, 0.05) is 32.2 Å². The Morgan fingerprint density at radius 2 is 2.47 bits per heavy atom. The monoisotopic (exact) mass is 227 g/mol. The predicted octanol–water partition coefficient (Wildman–Crippen LogP) is 1.60. The first-order valence-electron chi connectivity index (χ1n) is 5.01. The molecule has 4 nitrogen and oxygen atoms in total. The minimum Gasteiger partial charge on any atom is -0.384 e. The number of nitrogens with zero attached hydrogens (tertiary/aromatic N) is 3. The molecule has 82 valence electrons. The van der Waals surface area contributed by atoms with E-state index in [1.54, 1.807) is 13.2 Å². The van der Waals surface area contributed by atoms with E-state index in [1.807, 2.05) is 0 Å². The molecule has 5 heteroatoms. The topological polar surface area (TPSA) is 38.2 Å². The molecule has 0 saturated carbocycles. The fraction of sp³-hybridized carbons (Fsp3) is 0.600.